The monoisotopic (exact) mass is 374 g/mol. The molecule has 0 atom stereocenters. The van der Waals surface area contributed by atoms with Crippen LogP contribution >= 0.6 is 0 Å². The normalized spacial score (nSPS) is 15.8. The number of nitrogens with zero attached hydrogens (tertiary/aromatic N) is 1. The summed E-state index contributed by atoms with van der Waals surface area (Å²) in [5, 5.41) is 11.4. The fraction of sp³-hybridized carbons (Fsp3) is 0.300. The Bertz CT molecular complexity index is 854. The number of hydrogen-bond donors (Lipinski definition) is 2. The van der Waals surface area contributed by atoms with Crippen LogP contribution in [0.2, 0.25) is 0 Å². The van der Waals surface area contributed by atoms with E-state index in [4.69, 9.17) is 5.11 Å². The summed E-state index contributed by atoms with van der Waals surface area (Å²) in [4.78, 5) is 24.2. The highest BCUT2D eigenvalue weighted by Gasteiger charge is 2.46. The highest BCUT2D eigenvalue weighted by molar-refractivity contribution is 5.95. The van der Waals surface area contributed by atoms with Gasteiger partial charge in [0.1, 0.15) is 0 Å². The smallest absolute Gasteiger partial charge is 0.405 e. The lowest BCUT2D eigenvalue weighted by Gasteiger charge is -2.38. The number of rotatable bonds is 4. The Kier molecular flexibility index (Phi) is 4.63. The van der Waals surface area contributed by atoms with Crippen molar-refractivity contribution in [1.29, 1.82) is 0 Å². The third kappa shape index (κ3) is 4.07. The lowest BCUT2D eigenvalue weighted by Crippen LogP contribution is -2.58. The molecule has 0 aromatic heterocycles. The van der Waals surface area contributed by atoms with Crippen LogP contribution in [0.5, 0.6) is 0 Å². The Labute approximate surface area is 155 Å². The molecule has 1 fully saturated rings. The third-order valence-corrected chi connectivity index (χ3v) is 4.62. The average molecular weight is 374 g/mol. The second kappa shape index (κ2) is 6.64. The first-order valence-electron chi connectivity index (χ1n) is 8.47. The summed E-state index contributed by atoms with van der Waals surface area (Å²) < 4.78 is 25.8. The number of carboxylic acid groups (broad SMARTS) is 1. The van der Waals surface area contributed by atoms with Crippen molar-refractivity contribution in [3.05, 3.63) is 59.7 Å². The number of hydrogen-bond acceptors (Lipinski definition) is 2. The number of amides is 2. The Hall–Kier alpha value is -2.96. The highest BCUT2D eigenvalue weighted by Crippen LogP contribution is 2.29. The minimum Gasteiger partial charge on any atom is -0.465 e. The fourth-order valence-electron chi connectivity index (χ4n) is 3.06. The van der Waals surface area contributed by atoms with Gasteiger partial charge in [-0.25, -0.2) is 13.6 Å². The quantitative estimate of drug-likeness (QED) is 0.851. The van der Waals surface area contributed by atoms with Crippen molar-refractivity contribution < 1.29 is 23.5 Å². The molecule has 0 radical (unpaired) electrons. The molecule has 2 N–H and O–H groups in total. The van der Waals surface area contributed by atoms with E-state index in [2.05, 4.69) is 5.32 Å². The van der Waals surface area contributed by atoms with Gasteiger partial charge in [0.05, 0.1) is 18.6 Å². The van der Waals surface area contributed by atoms with Crippen molar-refractivity contribution in [2.45, 2.75) is 25.3 Å². The highest BCUT2D eigenvalue weighted by atomic mass is 19.3. The molecule has 0 unspecified atom stereocenters. The van der Waals surface area contributed by atoms with Crippen molar-refractivity contribution in [1.82, 2.24) is 10.2 Å². The molecule has 0 spiro atoms. The Balaban J connectivity index is 1.72. The first kappa shape index (κ1) is 18.8. The first-order valence-corrected chi connectivity index (χ1v) is 8.47. The summed E-state index contributed by atoms with van der Waals surface area (Å²) in [6.45, 7) is 2.48. The molecule has 2 aromatic rings. The molecule has 3 rings (SSSR count). The molecule has 2 amide bonds. The van der Waals surface area contributed by atoms with Crippen LogP contribution in [-0.2, 0) is 5.54 Å². The van der Waals surface area contributed by atoms with E-state index < -0.39 is 36.6 Å². The maximum absolute atomic E-state index is 12.9. The zero-order chi connectivity index (χ0) is 19.8. The maximum atomic E-state index is 12.9. The average Bonchev–Trinajstić information content (AvgIpc) is 2.58. The summed E-state index contributed by atoms with van der Waals surface area (Å²) in [6, 6.07) is 14.2. The molecular formula is C20H20F2N2O3. The van der Waals surface area contributed by atoms with Gasteiger partial charge < -0.3 is 15.3 Å². The van der Waals surface area contributed by atoms with Gasteiger partial charge in [0, 0.05) is 5.56 Å². The van der Waals surface area contributed by atoms with E-state index in [9.17, 15) is 18.4 Å². The van der Waals surface area contributed by atoms with E-state index in [1.165, 1.54) is 0 Å². The van der Waals surface area contributed by atoms with Gasteiger partial charge in [-0.1, -0.05) is 36.4 Å². The van der Waals surface area contributed by atoms with Gasteiger partial charge in [-0.15, -0.1) is 0 Å². The zero-order valence-corrected chi connectivity index (χ0v) is 15.0. The van der Waals surface area contributed by atoms with Gasteiger partial charge in [0.15, 0.2) is 0 Å². The lowest BCUT2D eigenvalue weighted by molar-refractivity contribution is -0.113. The summed E-state index contributed by atoms with van der Waals surface area (Å²) in [7, 11) is 0. The molecule has 0 bridgehead atoms. The number of likely N-dealkylation sites (tertiary alicyclic amines) is 1. The standard InChI is InChI=1S/C20H20F2N2O3/c1-19(2,23-18(26)27)16-9-7-14(8-10-16)13-3-5-15(6-4-13)17(25)24-11-20(21,22)12-24/h3-10,23H,11-12H2,1-2H3,(H,26,27). The van der Waals surface area contributed by atoms with E-state index in [1.54, 1.807) is 38.1 Å². The maximum Gasteiger partial charge on any atom is 0.405 e. The van der Waals surface area contributed by atoms with Gasteiger partial charge in [-0.05, 0) is 42.7 Å². The minimum absolute atomic E-state index is 0.373. The molecule has 7 heteroatoms. The molecule has 1 saturated heterocycles. The van der Waals surface area contributed by atoms with Crippen LogP contribution < -0.4 is 5.32 Å². The molecule has 27 heavy (non-hydrogen) atoms. The van der Waals surface area contributed by atoms with Crippen LogP contribution in [0, 0.1) is 0 Å². The summed E-state index contributed by atoms with van der Waals surface area (Å²) in [5.74, 6) is -3.18. The number of alkyl halides is 2. The van der Waals surface area contributed by atoms with Gasteiger partial charge in [0.25, 0.3) is 11.8 Å². The number of benzene rings is 2. The van der Waals surface area contributed by atoms with Crippen LogP contribution in [0.15, 0.2) is 48.5 Å². The van der Waals surface area contributed by atoms with E-state index in [0.717, 1.165) is 21.6 Å². The predicted molar refractivity (Wildman–Crippen MR) is 96.9 cm³/mol. The van der Waals surface area contributed by atoms with Gasteiger partial charge >= 0.3 is 6.09 Å². The molecule has 1 aliphatic rings. The van der Waals surface area contributed by atoms with Crippen LogP contribution in [0.25, 0.3) is 11.1 Å². The van der Waals surface area contributed by atoms with Gasteiger partial charge in [-0.2, -0.15) is 0 Å². The molecule has 1 aliphatic heterocycles. The second-order valence-electron chi connectivity index (χ2n) is 7.23. The van der Waals surface area contributed by atoms with Crippen molar-refractivity contribution >= 4 is 12.0 Å². The van der Waals surface area contributed by atoms with Gasteiger partial charge in [0.2, 0.25) is 0 Å². The fourth-order valence-corrected chi connectivity index (χ4v) is 3.06. The van der Waals surface area contributed by atoms with Gasteiger partial charge in [-0.3, -0.25) is 4.79 Å². The molecule has 5 nitrogen and oxygen atoms in total. The van der Waals surface area contributed by atoms with Crippen LogP contribution in [0.3, 0.4) is 0 Å². The zero-order valence-electron chi connectivity index (χ0n) is 15.0. The molecule has 0 saturated carbocycles. The predicted octanol–water partition coefficient (Wildman–Crippen LogP) is 3.95. The summed E-state index contributed by atoms with van der Waals surface area (Å²) in [5.41, 5.74) is 2.24. The molecule has 2 aromatic carbocycles. The van der Waals surface area contributed by atoms with Crippen molar-refractivity contribution in [2.75, 3.05) is 13.1 Å². The number of carbonyl (C=O) groups is 2. The molecular weight excluding hydrogens is 354 g/mol. The third-order valence-electron chi connectivity index (χ3n) is 4.62. The Morgan fingerprint density at radius 2 is 1.48 bits per heavy atom. The van der Waals surface area contributed by atoms with E-state index in [1.807, 2.05) is 24.3 Å². The Morgan fingerprint density at radius 3 is 1.93 bits per heavy atom. The van der Waals surface area contributed by atoms with Crippen LogP contribution in [-0.4, -0.2) is 41.0 Å². The van der Waals surface area contributed by atoms with Crippen molar-refractivity contribution in [2.24, 2.45) is 0 Å². The Morgan fingerprint density at radius 1 is 1.00 bits per heavy atom. The first-order chi connectivity index (χ1) is 12.6. The number of carbonyl (C=O) groups excluding carboxylic acids is 1. The minimum atomic E-state index is -2.78. The van der Waals surface area contributed by atoms with Crippen molar-refractivity contribution in [3.8, 4) is 11.1 Å². The largest absolute Gasteiger partial charge is 0.465 e. The lowest BCUT2D eigenvalue weighted by atomic mass is 9.92. The second-order valence-corrected chi connectivity index (χ2v) is 7.23. The van der Waals surface area contributed by atoms with E-state index in [-0.39, 0.29) is 0 Å². The topological polar surface area (TPSA) is 69.6 Å². The van der Waals surface area contributed by atoms with Crippen LogP contribution in [0.4, 0.5) is 13.6 Å². The number of halogens is 2. The summed E-state index contributed by atoms with van der Waals surface area (Å²) in [6.07, 6.45) is -1.09. The van der Waals surface area contributed by atoms with Crippen LogP contribution in [0.1, 0.15) is 29.8 Å². The summed E-state index contributed by atoms with van der Waals surface area (Å²) >= 11 is 0. The van der Waals surface area contributed by atoms with Crippen molar-refractivity contribution in [3.63, 3.8) is 0 Å². The number of nitrogens with one attached hydrogen (secondary N) is 1. The molecule has 142 valence electrons. The SMILES string of the molecule is CC(C)(NC(=O)O)c1ccc(-c2ccc(C(=O)N3CC(F)(F)C3)cc2)cc1. The molecule has 0 aliphatic carbocycles. The van der Waals surface area contributed by atoms with E-state index in [0.29, 0.717) is 5.56 Å². The van der Waals surface area contributed by atoms with E-state index >= 15 is 0 Å². The molecule has 1 heterocycles.